The molecule has 0 saturated heterocycles. The van der Waals surface area contributed by atoms with Crippen molar-refractivity contribution in [1.29, 1.82) is 0 Å². The first-order chi connectivity index (χ1) is 13.7. The molecule has 0 spiro atoms. The molecule has 2 aromatic carbocycles. The first-order valence-corrected chi connectivity index (χ1v) is 9.03. The van der Waals surface area contributed by atoms with Crippen LogP contribution in [0.4, 0.5) is 0 Å². The van der Waals surface area contributed by atoms with E-state index in [4.69, 9.17) is 10.1 Å². The maximum Gasteiger partial charge on any atom is 0.251 e. The second-order valence-corrected chi connectivity index (χ2v) is 6.55. The van der Waals surface area contributed by atoms with E-state index in [0.717, 1.165) is 27.7 Å². The molecule has 1 amide bonds. The zero-order valence-electron chi connectivity index (χ0n) is 15.5. The van der Waals surface area contributed by atoms with Crippen LogP contribution in [0.2, 0.25) is 0 Å². The molecular formula is C22H20N4O2. The zero-order chi connectivity index (χ0) is 19.5. The number of aliphatic hydroxyl groups is 1. The van der Waals surface area contributed by atoms with Crippen LogP contribution in [0.1, 0.15) is 10.4 Å². The van der Waals surface area contributed by atoms with Gasteiger partial charge in [0.25, 0.3) is 5.91 Å². The smallest absolute Gasteiger partial charge is 0.251 e. The molecule has 0 radical (unpaired) electrons. The number of carbonyl (C=O) groups is 1. The van der Waals surface area contributed by atoms with Gasteiger partial charge in [0.15, 0.2) is 0 Å². The number of aromatic nitrogens is 3. The van der Waals surface area contributed by atoms with Gasteiger partial charge in [0.1, 0.15) is 0 Å². The fourth-order valence-corrected chi connectivity index (χ4v) is 3.18. The maximum atomic E-state index is 12.1. The normalized spacial score (nSPS) is 10.9. The number of hydrogen-bond acceptors (Lipinski definition) is 4. The molecule has 0 saturated carbocycles. The Morgan fingerprint density at radius 3 is 2.64 bits per heavy atom. The Bertz CT molecular complexity index is 1150. The van der Waals surface area contributed by atoms with Gasteiger partial charge in [0.05, 0.1) is 30.4 Å². The third-order valence-corrected chi connectivity index (χ3v) is 4.63. The molecule has 6 nitrogen and oxygen atoms in total. The van der Waals surface area contributed by atoms with Crippen LogP contribution in [0.15, 0.2) is 67.1 Å². The highest BCUT2D eigenvalue weighted by atomic mass is 16.3. The quantitative estimate of drug-likeness (QED) is 0.564. The summed E-state index contributed by atoms with van der Waals surface area (Å²) in [6, 6.07) is 15.5. The fourth-order valence-electron chi connectivity index (χ4n) is 3.18. The van der Waals surface area contributed by atoms with Crippen molar-refractivity contribution in [2.24, 2.45) is 7.05 Å². The van der Waals surface area contributed by atoms with Crippen molar-refractivity contribution < 1.29 is 9.90 Å². The first kappa shape index (κ1) is 17.9. The largest absolute Gasteiger partial charge is 0.395 e. The molecule has 28 heavy (non-hydrogen) atoms. The lowest BCUT2D eigenvalue weighted by molar-refractivity contribution is 0.0945. The van der Waals surface area contributed by atoms with Crippen LogP contribution in [0.5, 0.6) is 0 Å². The third kappa shape index (κ3) is 3.50. The van der Waals surface area contributed by atoms with Gasteiger partial charge in [-0.1, -0.05) is 18.2 Å². The molecule has 2 N–H and O–H groups in total. The highest BCUT2D eigenvalue weighted by molar-refractivity contribution is 5.95. The van der Waals surface area contributed by atoms with E-state index in [1.807, 2.05) is 31.4 Å². The second-order valence-electron chi connectivity index (χ2n) is 6.55. The van der Waals surface area contributed by atoms with E-state index in [9.17, 15) is 4.79 Å². The van der Waals surface area contributed by atoms with Crippen molar-refractivity contribution in [1.82, 2.24) is 19.9 Å². The van der Waals surface area contributed by atoms with Crippen molar-refractivity contribution in [2.75, 3.05) is 13.2 Å². The minimum absolute atomic E-state index is 0.0926. The number of aryl methyl sites for hydroxylation is 1. The Morgan fingerprint density at radius 1 is 1.07 bits per heavy atom. The number of fused-ring (bicyclic) bond motifs is 1. The molecule has 2 heterocycles. The van der Waals surface area contributed by atoms with E-state index < -0.39 is 0 Å². The highest BCUT2D eigenvalue weighted by Crippen LogP contribution is 2.25. The number of benzene rings is 2. The monoisotopic (exact) mass is 372 g/mol. The van der Waals surface area contributed by atoms with Crippen molar-refractivity contribution in [3.63, 3.8) is 0 Å². The predicted molar refractivity (Wildman–Crippen MR) is 109 cm³/mol. The Hall–Kier alpha value is -3.51. The van der Waals surface area contributed by atoms with Gasteiger partial charge < -0.3 is 15.0 Å². The summed E-state index contributed by atoms with van der Waals surface area (Å²) in [6.45, 7) is 0.130. The number of aliphatic hydroxyl groups excluding tert-OH is 1. The molecule has 0 aliphatic rings. The van der Waals surface area contributed by atoms with Crippen LogP contribution in [0, 0.1) is 0 Å². The Morgan fingerprint density at radius 2 is 1.86 bits per heavy atom. The van der Waals surface area contributed by atoms with Gasteiger partial charge in [-0.2, -0.15) is 0 Å². The molecule has 0 aliphatic heterocycles. The minimum Gasteiger partial charge on any atom is -0.395 e. The minimum atomic E-state index is -0.227. The number of carbonyl (C=O) groups excluding carboxylic acids is 1. The van der Waals surface area contributed by atoms with Gasteiger partial charge in [0.2, 0.25) is 0 Å². The van der Waals surface area contributed by atoms with Crippen molar-refractivity contribution in [3.05, 3.63) is 72.7 Å². The van der Waals surface area contributed by atoms with Gasteiger partial charge in [-0.05, 0) is 30.3 Å². The summed E-state index contributed by atoms with van der Waals surface area (Å²) in [5, 5.41) is 12.7. The van der Waals surface area contributed by atoms with E-state index in [1.54, 1.807) is 24.5 Å². The number of amides is 1. The Labute approximate surface area is 162 Å². The van der Waals surface area contributed by atoms with Crippen molar-refractivity contribution in [2.45, 2.75) is 0 Å². The lowest BCUT2D eigenvalue weighted by Crippen LogP contribution is -2.26. The molecule has 0 bridgehead atoms. The first-order valence-electron chi connectivity index (χ1n) is 9.03. The van der Waals surface area contributed by atoms with Crippen LogP contribution >= 0.6 is 0 Å². The van der Waals surface area contributed by atoms with Gasteiger partial charge in [-0.3, -0.25) is 9.78 Å². The molecule has 0 fully saturated rings. The summed E-state index contributed by atoms with van der Waals surface area (Å²) >= 11 is 0. The van der Waals surface area contributed by atoms with Crippen LogP contribution in [-0.2, 0) is 7.05 Å². The number of rotatable bonds is 5. The molecule has 0 atom stereocenters. The molecule has 4 rings (SSSR count). The third-order valence-electron chi connectivity index (χ3n) is 4.63. The van der Waals surface area contributed by atoms with E-state index in [1.165, 1.54) is 0 Å². The average molecular weight is 372 g/mol. The standard InChI is InChI=1S/C22H20N4O2/c1-26-9-7-17-11-16(5-6-21(17)26)20-14-23-13-19(25-20)15-3-2-4-18(12-15)22(28)24-8-10-27/h2-7,9,11-14,27H,8,10H2,1H3,(H,24,28). The van der Waals surface area contributed by atoms with Crippen LogP contribution in [0.3, 0.4) is 0 Å². The molecule has 4 aromatic rings. The van der Waals surface area contributed by atoms with E-state index in [0.29, 0.717) is 11.3 Å². The molecule has 0 unspecified atom stereocenters. The molecular weight excluding hydrogens is 352 g/mol. The highest BCUT2D eigenvalue weighted by Gasteiger charge is 2.09. The van der Waals surface area contributed by atoms with Gasteiger partial charge >= 0.3 is 0 Å². The summed E-state index contributed by atoms with van der Waals surface area (Å²) < 4.78 is 2.08. The van der Waals surface area contributed by atoms with Crippen LogP contribution < -0.4 is 5.32 Å². The lowest BCUT2D eigenvalue weighted by Gasteiger charge is -2.08. The summed E-state index contributed by atoms with van der Waals surface area (Å²) in [5.41, 5.74) is 4.95. The van der Waals surface area contributed by atoms with E-state index in [-0.39, 0.29) is 19.1 Å². The second kappa shape index (κ2) is 7.62. The van der Waals surface area contributed by atoms with Crippen LogP contribution in [-0.4, -0.2) is 38.7 Å². The SMILES string of the molecule is Cn1ccc2cc(-c3cncc(-c4cccc(C(=O)NCCO)c4)n3)ccc21. The van der Waals surface area contributed by atoms with E-state index >= 15 is 0 Å². The van der Waals surface area contributed by atoms with Crippen LogP contribution in [0.25, 0.3) is 33.4 Å². The van der Waals surface area contributed by atoms with Gasteiger partial charge in [0, 0.05) is 47.4 Å². The zero-order valence-corrected chi connectivity index (χ0v) is 15.5. The maximum absolute atomic E-state index is 12.1. The summed E-state index contributed by atoms with van der Waals surface area (Å²) in [6.07, 6.45) is 5.46. The van der Waals surface area contributed by atoms with E-state index in [2.05, 4.69) is 33.1 Å². The predicted octanol–water partition coefficient (Wildman–Crippen LogP) is 3.02. The molecule has 2 aromatic heterocycles. The number of hydrogen-bond donors (Lipinski definition) is 2. The molecule has 0 aliphatic carbocycles. The summed E-state index contributed by atoms with van der Waals surface area (Å²) in [5.74, 6) is -0.227. The fraction of sp³-hybridized carbons (Fsp3) is 0.136. The topological polar surface area (TPSA) is 80.0 Å². The summed E-state index contributed by atoms with van der Waals surface area (Å²) in [4.78, 5) is 21.2. The average Bonchev–Trinajstić information content (AvgIpc) is 3.12. The van der Waals surface area contributed by atoms with Crippen molar-refractivity contribution >= 4 is 16.8 Å². The van der Waals surface area contributed by atoms with Crippen molar-refractivity contribution in [3.8, 4) is 22.5 Å². The number of nitrogens with zero attached hydrogens (tertiary/aromatic N) is 3. The Kier molecular flexibility index (Phi) is 4.87. The molecule has 140 valence electrons. The lowest BCUT2D eigenvalue weighted by atomic mass is 10.1. The van der Waals surface area contributed by atoms with Gasteiger partial charge in [-0.15, -0.1) is 0 Å². The van der Waals surface area contributed by atoms with Gasteiger partial charge in [-0.25, -0.2) is 4.98 Å². The Balaban J connectivity index is 1.67. The molecule has 6 heteroatoms. The summed E-state index contributed by atoms with van der Waals surface area (Å²) in [7, 11) is 2.02. The number of nitrogens with one attached hydrogen (secondary N) is 1.